The first kappa shape index (κ1) is 21.9. The number of aryl methyl sites for hydroxylation is 1. The fraction of sp³-hybridized carbons (Fsp3) is 0.333. The minimum absolute atomic E-state index is 0.0358. The summed E-state index contributed by atoms with van der Waals surface area (Å²) in [5.74, 6) is 1.20. The van der Waals surface area contributed by atoms with E-state index in [9.17, 15) is 4.79 Å². The summed E-state index contributed by atoms with van der Waals surface area (Å²) in [4.78, 5) is 19.1. The lowest BCUT2D eigenvalue weighted by atomic mass is 10.0. The van der Waals surface area contributed by atoms with E-state index >= 15 is 0 Å². The minimum atomic E-state index is 0.0358. The molecule has 0 bridgehead atoms. The van der Waals surface area contributed by atoms with Gasteiger partial charge in [-0.1, -0.05) is 47.5 Å². The second kappa shape index (κ2) is 10.3. The standard InChI is InChI=1S/C24H25Cl2N3O2/c25-18-7-5-17(6-8-18)16-29-13-11-19(12-14-29)28-23(30)9-10-24-27-15-22(31-24)20-3-1-2-4-21(20)26/h1-8,15,19H,9-14,16H2,(H,28,30). The van der Waals surface area contributed by atoms with Crippen molar-refractivity contribution in [2.45, 2.75) is 38.3 Å². The van der Waals surface area contributed by atoms with E-state index in [1.807, 2.05) is 36.4 Å². The molecule has 31 heavy (non-hydrogen) atoms. The number of hydrogen-bond donors (Lipinski definition) is 1. The zero-order valence-corrected chi connectivity index (χ0v) is 18.7. The fourth-order valence-electron chi connectivity index (χ4n) is 3.82. The normalized spacial score (nSPS) is 15.2. The molecule has 1 N–H and O–H groups in total. The average molecular weight is 458 g/mol. The number of nitrogens with one attached hydrogen (secondary N) is 1. The highest BCUT2D eigenvalue weighted by Gasteiger charge is 2.21. The Morgan fingerprint density at radius 1 is 1.10 bits per heavy atom. The predicted octanol–water partition coefficient (Wildman–Crippen LogP) is 5.36. The molecule has 0 saturated carbocycles. The molecule has 0 spiro atoms. The van der Waals surface area contributed by atoms with Crippen LogP contribution in [0.2, 0.25) is 10.0 Å². The number of nitrogens with zero attached hydrogens (tertiary/aromatic N) is 2. The Labute approximate surface area is 192 Å². The van der Waals surface area contributed by atoms with Crippen LogP contribution in [0.3, 0.4) is 0 Å². The highest BCUT2D eigenvalue weighted by atomic mass is 35.5. The van der Waals surface area contributed by atoms with Crippen molar-refractivity contribution in [3.8, 4) is 11.3 Å². The molecule has 1 amide bonds. The zero-order valence-electron chi connectivity index (χ0n) is 17.2. The molecular weight excluding hydrogens is 433 g/mol. The van der Waals surface area contributed by atoms with E-state index in [1.165, 1.54) is 5.56 Å². The Hall–Kier alpha value is -2.34. The largest absolute Gasteiger partial charge is 0.441 e. The molecule has 3 aromatic rings. The highest BCUT2D eigenvalue weighted by molar-refractivity contribution is 6.33. The number of carbonyl (C=O) groups excluding carboxylic acids is 1. The minimum Gasteiger partial charge on any atom is -0.441 e. The molecule has 1 aliphatic rings. The van der Waals surface area contributed by atoms with Gasteiger partial charge in [-0.05, 0) is 42.7 Å². The first-order valence-electron chi connectivity index (χ1n) is 10.5. The third-order valence-electron chi connectivity index (χ3n) is 5.53. The average Bonchev–Trinajstić information content (AvgIpc) is 3.24. The van der Waals surface area contributed by atoms with Gasteiger partial charge < -0.3 is 9.73 Å². The topological polar surface area (TPSA) is 58.4 Å². The van der Waals surface area contributed by atoms with Gasteiger partial charge in [0.1, 0.15) is 0 Å². The van der Waals surface area contributed by atoms with Crippen LogP contribution in [0.5, 0.6) is 0 Å². The summed E-state index contributed by atoms with van der Waals surface area (Å²) in [6.07, 6.45) is 4.38. The molecule has 1 aliphatic heterocycles. The molecule has 7 heteroatoms. The first-order chi connectivity index (χ1) is 15.1. The molecule has 5 nitrogen and oxygen atoms in total. The number of likely N-dealkylation sites (tertiary alicyclic amines) is 1. The first-order valence-corrected chi connectivity index (χ1v) is 11.3. The maximum Gasteiger partial charge on any atom is 0.220 e. The second-order valence-corrected chi connectivity index (χ2v) is 8.69. The summed E-state index contributed by atoms with van der Waals surface area (Å²) < 4.78 is 5.78. The number of amides is 1. The predicted molar refractivity (Wildman–Crippen MR) is 123 cm³/mol. The van der Waals surface area contributed by atoms with Crippen LogP contribution in [0, 0.1) is 0 Å². The van der Waals surface area contributed by atoms with Crippen LogP contribution in [0.25, 0.3) is 11.3 Å². The van der Waals surface area contributed by atoms with Crippen molar-refractivity contribution in [3.63, 3.8) is 0 Å². The highest BCUT2D eigenvalue weighted by Crippen LogP contribution is 2.28. The second-order valence-electron chi connectivity index (χ2n) is 7.84. The third-order valence-corrected chi connectivity index (χ3v) is 6.11. The lowest BCUT2D eigenvalue weighted by molar-refractivity contribution is -0.122. The molecule has 4 rings (SSSR count). The molecule has 1 saturated heterocycles. The van der Waals surface area contributed by atoms with Crippen LogP contribution in [0.15, 0.2) is 59.1 Å². The SMILES string of the molecule is O=C(CCc1ncc(-c2ccccc2Cl)o1)NC1CCN(Cc2ccc(Cl)cc2)CC1. The molecule has 0 aliphatic carbocycles. The molecule has 0 atom stereocenters. The molecule has 1 aromatic heterocycles. The summed E-state index contributed by atoms with van der Waals surface area (Å²) >= 11 is 12.2. The number of hydrogen-bond acceptors (Lipinski definition) is 4. The van der Waals surface area contributed by atoms with Gasteiger partial charge in [0.05, 0.1) is 11.2 Å². The molecule has 2 aromatic carbocycles. The van der Waals surface area contributed by atoms with Gasteiger partial charge in [0.2, 0.25) is 5.91 Å². The summed E-state index contributed by atoms with van der Waals surface area (Å²) in [7, 11) is 0. The fourth-order valence-corrected chi connectivity index (χ4v) is 4.17. The van der Waals surface area contributed by atoms with Gasteiger partial charge in [0.15, 0.2) is 11.7 Å². The van der Waals surface area contributed by atoms with E-state index in [1.54, 1.807) is 6.20 Å². The maximum absolute atomic E-state index is 12.4. The molecule has 162 valence electrons. The van der Waals surface area contributed by atoms with Gasteiger partial charge in [-0.3, -0.25) is 9.69 Å². The van der Waals surface area contributed by atoms with Crippen LogP contribution >= 0.6 is 23.2 Å². The maximum atomic E-state index is 12.4. The number of oxazole rings is 1. The number of aromatic nitrogens is 1. The van der Waals surface area contributed by atoms with Gasteiger partial charge in [0.25, 0.3) is 0 Å². The van der Waals surface area contributed by atoms with Gasteiger partial charge >= 0.3 is 0 Å². The van der Waals surface area contributed by atoms with E-state index in [2.05, 4.69) is 27.3 Å². The van der Waals surface area contributed by atoms with Crippen molar-refractivity contribution in [1.82, 2.24) is 15.2 Å². The number of rotatable bonds is 7. The van der Waals surface area contributed by atoms with E-state index in [0.717, 1.165) is 43.1 Å². The lowest BCUT2D eigenvalue weighted by Crippen LogP contribution is -2.44. The van der Waals surface area contributed by atoms with E-state index in [-0.39, 0.29) is 11.9 Å². The van der Waals surface area contributed by atoms with Crippen molar-refractivity contribution < 1.29 is 9.21 Å². The van der Waals surface area contributed by atoms with Crippen LogP contribution < -0.4 is 5.32 Å². The summed E-state index contributed by atoms with van der Waals surface area (Å²) in [6.45, 7) is 2.85. The smallest absolute Gasteiger partial charge is 0.220 e. The Morgan fingerprint density at radius 2 is 1.84 bits per heavy atom. The molecule has 0 radical (unpaired) electrons. The van der Waals surface area contributed by atoms with Crippen molar-refractivity contribution in [2.75, 3.05) is 13.1 Å². The van der Waals surface area contributed by atoms with Gasteiger partial charge in [-0.15, -0.1) is 0 Å². The number of piperidine rings is 1. The molecule has 1 fully saturated rings. The molecule has 0 unspecified atom stereocenters. The third kappa shape index (κ3) is 6.10. The van der Waals surface area contributed by atoms with Crippen molar-refractivity contribution in [3.05, 3.63) is 76.2 Å². The van der Waals surface area contributed by atoms with Crippen molar-refractivity contribution in [1.29, 1.82) is 0 Å². The van der Waals surface area contributed by atoms with Gasteiger partial charge in [-0.2, -0.15) is 0 Å². The summed E-state index contributed by atoms with van der Waals surface area (Å²) in [6, 6.07) is 15.7. The lowest BCUT2D eigenvalue weighted by Gasteiger charge is -2.32. The number of carbonyl (C=O) groups is 1. The van der Waals surface area contributed by atoms with Crippen LogP contribution in [0.1, 0.15) is 30.7 Å². The Bertz CT molecular complexity index is 1010. The van der Waals surface area contributed by atoms with E-state index in [4.69, 9.17) is 27.6 Å². The molecular formula is C24H25Cl2N3O2. The Balaban J connectivity index is 1.20. The van der Waals surface area contributed by atoms with Crippen LogP contribution in [-0.2, 0) is 17.8 Å². The van der Waals surface area contributed by atoms with Gasteiger partial charge in [-0.25, -0.2) is 4.98 Å². The van der Waals surface area contributed by atoms with Gasteiger partial charge in [0, 0.05) is 49.1 Å². The Kier molecular flexibility index (Phi) is 7.28. The van der Waals surface area contributed by atoms with E-state index < -0.39 is 0 Å². The zero-order chi connectivity index (χ0) is 21.6. The quantitative estimate of drug-likeness (QED) is 0.518. The molecule has 2 heterocycles. The van der Waals surface area contributed by atoms with E-state index in [0.29, 0.717) is 29.5 Å². The monoisotopic (exact) mass is 457 g/mol. The summed E-state index contributed by atoms with van der Waals surface area (Å²) in [5.41, 5.74) is 2.06. The van der Waals surface area contributed by atoms with Crippen LogP contribution in [-0.4, -0.2) is 34.9 Å². The Morgan fingerprint density at radius 3 is 2.58 bits per heavy atom. The summed E-state index contributed by atoms with van der Waals surface area (Å²) in [5, 5.41) is 4.53. The van der Waals surface area contributed by atoms with Crippen LogP contribution in [0.4, 0.5) is 0 Å². The van der Waals surface area contributed by atoms with Crippen molar-refractivity contribution >= 4 is 29.1 Å². The number of benzene rings is 2. The van der Waals surface area contributed by atoms with Crippen molar-refractivity contribution in [2.24, 2.45) is 0 Å². The number of halogens is 2.